The lowest BCUT2D eigenvalue weighted by Crippen LogP contribution is -2.01. The van der Waals surface area contributed by atoms with Gasteiger partial charge < -0.3 is 0 Å². The first-order chi connectivity index (χ1) is 5.77. The third-order valence-corrected chi connectivity index (χ3v) is 4.21. The molecule has 0 amide bonds. The Bertz CT molecular complexity index is 296. The van der Waals surface area contributed by atoms with Gasteiger partial charge in [-0.3, -0.25) is 0 Å². The molecule has 2 rings (SSSR count). The van der Waals surface area contributed by atoms with Crippen LogP contribution in [0.3, 0.4) is 0 Å². The Morgan fingerprint density at radius 3 is 3.17 bits per heavy atom. The molecule has 0 spiro atoms. The molecule has 1 heterocycles. The van der Waals surface area contributed by atoms with E-state index < -0.39 is 0 Å². The maximum Gasteiger partial charge on any atom is 0.0414 e. The van der Waals surface area contributed by atoms with Crippen molar-refractivity contribution in [2.75, 3.05) is 5.75 Å². The van der Waals surface area contributed by atoms with E-state index in [1.165, 1.54) is 28.2 Å². The number of aryl methyl sites for hydroxylation is 1. The molecule has 0 N–H and O–H groups in total. The highest BCUT2D eigenvalue weighted by atomic mass is 79.9. The van der Waals surface area contributed by atoms with Crippen molar-refractivity contribution in [3.05, 3.63) is 29.3 Å². The standard InChI is InChI=1S/C10H11BrS/c1-7-2-3-10-8(6-7)9(11)4-5-12-10/h2-3,6,9H,4-5H2,1H3. The highest BCUT2D eigenvalue weighted by molar-refractivity contribution is 9.09. The van der Waals surface area contributed by atoms with Crippen LogP contribution in [-0.2, 0) is 0 Å². The van der Waals surface area contributed by atoms with Crippen molar-refractivity contribution in [2.45, 2.75) is 23.1 Å². The summed E-state index contributed by atoms with van der Waals surface area (Å²) in [6.07, 6.45) is 1.25. The number of rotatable bonds is 0. The number of halogens is 1. The largest absolute Gasteiger partial charge is 0.126 e. The molecule has 1 atom stereocenters. The van der Waals surface area contributed by atoms with Crippen molar-refractivity contribution in [1.82, 2.24) is 0 Å². The second kappa shape index (κ2) is 3.43. The first kappa shape index (κ1) is 8.64. The van der Waals surface area contributed by atoms with E-state index in [1.807, 2.05) is 11.8 Å². The van der Waals surface area contributed by atoms with Gasteiger partial charge in [0.15, 0.2) is 0 Å². The van der Waals surface area contributed by atoms with Crippen molar-refractivity contribution < 1.29 is 0 Å². The fraction of sp³-hybridized carbons (Fsp3) is 0.400. The molecule has 12 heavy (non-hydrogen) atoms. The Labute approximate surface area is 85.9 Å². The Morgan fingerprint density at radius 1 is 1.50 bits per heavy atom. The van der Waals surface area contributed by atoms with Crippen LogP contribution in [-0.4, -0.2) is 5.75 Å². The Kier molecular flexibility index (Phi) is 2.47. The van der Waals surface area contributed by atoms with E-state index in [9.17, 15) is 0 Å². The highest BCUT2D eigenvalue weighted by Gasteiger charge is 2.17. The first-order valence-electron chi connectivity index (χ1n) is 4.15. The molecule has 1 aliphatic rings. The Morgan fingerprint density at radius 2 is 2.33 bits per heavy atom. The number of benzene rings is 1. The lowest BCUT2D eigenvalue weighted by atomic mass is 10.1. The smallest absolute Gasteiger partial charge is 0.0414 e. The van der Waals surface area contributed by atoms with Gasteiger partial charge in [-0.05, 0) is 30.7 Å². The van der Waals surface area contributed by atoms with E-state index in [0.29, 0.717) is 4.83 Å². The van der Waals surface area contributed by atoms with Crippen molar-refractivity contribution in [3.8, 4) is 0 Å². The van der Waals surface area contributed by atoms with Crippen LogP contribution in [0.2, 0.25) is 0 Å². The van der Waals surface area contributed by atoms with Crippen LogP contribution in [0.1, 0.15) is 22.4 Å². The number of hydrogen-bond acceptors (Lipinski definition) is 1. The minimum Gasteiger partial charge on any atom is -0.126 e. The first-order valence-corrected chi connectivity index (χ1v) is 6.05. The second-order valence-corrected chi connectivity index (χ2v) is 5.39. The van der Waals surface area contributed by atoms with Crippen molar-refractivity contribution in [2.24, 2.45) is 0 Å². The van der Waals surface area contributed by atoms with Crippen molar-refractivity contribution >= 4 is 27.7 Å². The van der Waals surface area contributed by atoms with Gasteiger partial charge in [0.1, 0.15) is 0 Å². The molecule has 1 aromatic rings. The second-order valence-electron chi connectivity index (χ2n) is 3.15. The van der Waals surface area contributed by atoms with Gasteiger partial charge in [-0.1, -0.05) is 33.6 Å². The van der Waals surface area contributed by atoms with Crippen molar-refractivity contribution in [3.63, 3.8) is 0 Å². The maximum absolute atomic E-state index is 3.71. The minimum absolute atomic E-state index is 0.577. The Balaban J connectivity index is 2.47. The molecule has 1 aromatic carbocycles. The molecule has 0 aromatic heterocycles. The van der Waals surface area contributed by atoms with E-state index in [-0.39, 0.29) is 0 Å². The van der Waals surface area contributed by atoms with Crippen LogP contribution >= 0.6 is 27.7 Å². The molecular weight excluding hydrogens is 232 g/mol. The van der Waals surface area contributed by atoms with Gasteiger partial charge in [-0.2, -0.15) is 0 Å². The predicted molar refractivity (Wildman–Crippen MR) is 58.2 cm³/mol. The fourth-order valence-electron chi connectivity index (χ4n) is 1.47. The summed E-state index contributed by atoms with van der Waals surface area (Å²) in [6, 6.07) is 6.72. The third-order valence-electron chi connectivity index (χ3n) is 2.13. The molecule has 0 saturated heterocycles. The summed E-state index contributed by atoms with van der Waals surface area (Å²) < 4.78 is 0. The molecule has 0 bridgehead atoms. The molecule has 0 radical (unpaired) electrons. The molecule has 0 saturated carbocycles. The van der Waals surface area contributed by atoms with Crippen LogP contribution in [0.5, 0.6) is 0 Å². The third kappa shape index (κ3) is 1.55. The van der Waals surface area contributed by atoms with Gasteiger partial charge in [0.2, 0.25) is 0 Å². The molecule has 64 valence electrons. The number of thioether (sulfide) groups is 1. The van der Waals surface area contributed by atoms with Crippen LogP contribution in [0, 0.1) is 6.92 Å². The van der Waals surface area contributed by atoms with Gasteiger partial charge in [0.25, 0.3) is 0 Å². The summed E-state index contributed by atoms with van der Waals surface area (Å²) >= 11 is 5.68. The summed E-state index contributed by atoms with van der Waals surface area (Å²) in [5.74, 6) is 1.24. The summed E-state index contributed by atoms with van der Waals surface area (Å²) in [5, 5.41) is 0. The van der Waals surface area contributed by atoms with Crippen LogP contribution in [0.4, 0.5) is 0 Å². The monoisotopic (exact) mass is 242 g/mol. The predicted octanol–water partition coefficient (Wildman–Crippen LogP) is 3.93. The lowest BCUT2D eigenvalue weighted by molar-refractivity contribution is 0.878. The summed E-state index contributed by atoms with van der Waals surface area (Å²) in [5.41, 5.74) is 2.84. The van der Waals surface area contributed by atoms with Gasteiger partial charge in [0.05, 0.1) is 0 Å². The SMILES string of the molecule is Cc1ccc2c(c1)C(Br)CCS2. The average molecular weight is 243 g/mol. The molecular formula is C10H11BrS. The zero-order valence-corrected chi connectivity index (χ0v) is 9.41. The summed E-state index contributed by atoms with van der Waals surface area (Å²) in [4.78, 5) is 2.03. The van der Waals surface area contributed by atoms with E-state index in [2.05, 4.69) is 41.1 Å². The van der Waals surface area contributed by atoms with E-state index >= 15 is 0 Å². The normalized spacial score (nSPS) is 22.0. The zero-order chi connectivity index (χ0) is 8.55. The quantitative estimate of drug-likeness (QED) is 0.622. The molecule has 1 unspecified atom stereocenters. The molecule has 0 nitrogen and oxygen atoms in total. The topological polar surface area (TPSA) is 0 Å². The number of fused-ring (bicyclic) bond motifs is 1. The minimum atomic E-state index is 0.577. The fourth-order valence-corrected chi connectivity index (χ4v) is 3.64. The van der Waals surface area contributed by atoms with Crippen molar-refractivity contribution in [1.29, 1.82) is 0 Å². The van der Waals surface area contributed by atoms with E-state index in [1.54, 1.807) is 0 Å². The Hall–Kier alpha value is 0.0500. The van der Waals surface area contributed by atoms with Crippen LogP contribution < -0.4 is 0 Å². The zero-order valence-electron chi connectivity index (χ0n) is 7.01. The number of hydrogen-bond donors (Lipinski definition) is 0. The van der Waals surface area contributed by atoms with Gasteiger partial charge in [-0.25, -0.2) is 0 Å². The molecule has 0 fully saturated rings. The number of alkyl halides is 1. The van der Waals surface area contributed by atoms with Crippen LogP contribution in [0.25, 0.3) is 0 Å². The highest BCUT2D eigenvalue weighted by Crippen LogP contribution is 2.40. The van der Waals surface area contributed by atoms with Gasteiger partial charge >= 0.3 is 0 Å². The summed E-state index contributed by atoms with van der Waals surface area (Å²) in [6.45, 7) is 2.15. The summed E-state index contributed by atoms with van der Waals surface area (Å²) in [7, 11) is 0. The molecule has 2 heteroatoms. The molecule has 1 aliphatic heterocycles. The van der Waals surface area contributed by atoms with Gasteiger partial charge in [-0.15, -0.1) is 11.8 Å². The van der Waals surface area contributed by atoms with E-state index in [0.717, 1.165) is 0 Å². The van der Waals surface area contributed by atoms with Crippen LogP contribution in [0.15, 0.2) is 23.1 Å². The maximum atomic E-state index is 3.71. The lowest BCUT2D eigenvalue weighted by Gasteiger charge is -2.20. The van der Waals surface area contributed by atoms with Gasteiger partial charge in [0, 0.05) is 9.72 Å². The van der Waals surface area contributed by atoms with E-state index in [4.69, 9.17) is 0 Å². The molecule has 0 aliphatic carbocycles. The average Bonchev–Trinajstić information content (AvgIpc) is 2.07.